The molecule has 0 unspecified atom stereocenters. The first-order valence-electron chi connectivity index (χ1n) is 13.3. The monoisotopic (exact) mass is 575 g/mol. The summed E-state index contributed by atoms with van der Waals surface area (Å²) in [6.45, 7) is 11.0. The van der Waals surface area contributed by atoms with Crippen LogP contribution in [0.1, 0.15) is 54.2 Å². The van der Waals surface area contributed by atoms with Crippen LogP contribution in [-0.2, 0) is 23.4 Å². The number of esters is 1. The summed E-state index contributed by atoms with van der Waals surface area (Å²) in [5.74, 6) is 0.483. The molecule has 0 radical (unpaired) electrons. The van der Waals surface area contributed by atoms with Gasteiger partial charge in [0.2, 0.25) is 5.95 Å². The number of imidazole rings is 1. The van der Waals surface area contributed by atoms with Gasteiger partial charge in [-0.2, -0.15) is 15.1 Å². The molecule has 0 aliphatic carbocycles. The van der Waals surface area contributed by atoms with Gasteiger partial charge in [-0.25, -0.2) is 9.55 Å². The first-order valence-corrected chi connectivity index (χ1v) is 14.9. The molecule has 13 nitrogen and oxygen atoms in total. The van der Waals surface area contributed by atoms with Gasteiger partial charge in [0, 0.05) is 12.0 Å². The van der Waals surface area contributed by atoms with E-state index in [1.54, 1.807) is 51.4 Å². The molecule has 1 saturated heterocycles. The lowest BCUT2D eigenvalue weighted by atomic mass is 10.1. The van der Waals surface area contributed by atoms with Crippen molar-refractivity contribution in [3.8, 4) is 5.75 Å². The lowest BCUT2D eigenvalue weighted by Crippen LogP contribution is -2.36. The Morgan fingerprint density at radius 3 is 2.60 bits per heavy atom. The zero-order valence-electron chi connectivity index (χ0n) is 23.6. The molecule has 2 aromatic heterocycles. The topological polar surface area (TPSA) is 165 Å². The zero-order valence-corrected chi connectivity index (χ0v) is 24.5. The molecule has 218 valence electrons. The second-order valence-corrected chi connectivity index (χ2v) is 12.1. The van der Waals surface area contributed by atoms with Crippen LogP contribution in [0.15, 0.2) is 36.7 Å². The number of nitrogens with two attached hydrogens (primary N) is 1. The second-order valence-electron chi connectivity index (χ2n) is 10.4. The third-order valence-corrected chi connectivity index (χ3v) is 7.69. The molecular formula is C26H38N7O6P. The van der Waals surface area contributed by atoms with E-state index < -0.39 is 32.1 Å². The van der Waals surface area contributed by atoms with Crippen LogP contribution in [0.5, 0.6) is 5.75 Å². The number of benzene rings is 1. The number of aromatic nitrogens is 4. The van der Waals surface area contributed by atoms with Crippen LogP contribution in [0.2, 0.25) is 0 Å². The standard InChI is InChI=1S/C26H38N7O6P/c1-15(2)29-22-21-23(31-26(27)30-22)33(14-28-21)24-17(5)12-20(38-24)13-36-40(35,39-19-10-8-7-9-11-19)32-18(6)25(34)37-16(3)4/h7-11,14-18,20,24H,12-13H2,1-6H3,(H,32,35)(H3,27,29,30,31)/t17-,18-,20-,24+,40-/m0/s1. The van der Waals surface area contributed by atoms with Gasteiger partial charge >= 0.3 is 13.7 Å². The molecule has 1 aliphatic heterocycles. The molecule has 40 heavy (non-hydrogen) atoms. The summed E-state index contributed by atoms with van der Waals surface area (Å²) in [6, 6.07) is 7.79. The van der Waals surface area contributed by atoms with Crippen molar-refractivity contribution >= 4 is 36.6 Å². The SMILES string of the molecule is CC(C)Nc1nc(N)nc2c1ncn2[C@@H]1O[C@H](CO[P@@](=O)(N[C@@H](C)C(=O)OC(C)C)Oc2ccccc2)C[C@@H]1C. The maximum absolute atomic E-state index is 13.8. The van der Waals surface area contributed by atoms with Gasteiger partial charge in [0.25, 0.3) is 0 Å². The lowest BCUT2D eigenvalue weighted by molar-refractivity contribution is -0.149. The van der Waals surface area contributed by atoms with Gasteiger partial charge in [-0.15, -0.1) is 0 Å². The number of anilines is 2. The summed E-state index contributed by atoms with van der Waals surface area (Å²) in [7, 11) is -4.01. The van der Waals surface area contributed by atoms with Crippen molar-refractivity contribution in [1.82, 2.24) is 24.6 Å². The largest absolute Gasteiger partial charge is 0.462 e. The third kappa shape index (κ3) is 7.28. The molecule has 14 heteroatoms. The molecule has 3 heterocycles. The number of carbonyl (C=O) groups is 1. The summed E-state index contributed by atoms with van der Waals surface area (Å²) in [5.41, 5.74) is 7.12. The van der Waals surface area contributed by atoms with Gasteiger partial charge in [0.05, 0.1) is 25.1 Å². The summed E-state index contributed by atoms with van der Waals surface area (Å²) < 4.78 is 38.7. The highest BCUT2D eigenvalue weighted by molar-refractivity contribution is 7.52. The minimum absolute atomic E-state index is 0.0472. The fourth-order valence-electron chi connectivity index (χ4n) is 4.37. The van der Waals surface area contributed by atoms with Gasteiger partial charge in [-0.05, 0) is 53.2 Å². The van der Waals surface area contributed by atoms with Crippen LogP contribution < -0.4 is 20.7 Å². The predicted molar refractivity (Wildman–Crippen MR) is 151 cm³/mol. The van der Waals surface area contributed by atoms with E-state index in [4.69, 9.17) is 24.3 Å². The highest BCUT2D eigenvalue weighted by Gasteiger charge is 2.38. The van der Waals surface area contributed by atoms with Gasteiger partial charge in [0.1, 0.15) is 18.0 Å². The zero-order chi connectivity index (χ0) is 29.0. The quantitative estimate of drug-likeness (QED) is 0.208. The number of ether oxygens (including phenoxy) is 2. The highest BCUT2D eigenvalue weighted by Crippen LogP contribution is 2.46. The number of hydrogen-bond donors (Lipinski definition) is 3. The Hall–Kier alpha value is -3.25. The number of carbonyl (C=O) groups excluding carboxylic acids is 1. The fraction of sp³-hybridized carbons (Fsp3) is 0.538. The van der Waals surface area contributed by atoms with E-state index in [1.165, 1.54) is 0 Å². The van der Waals surface area contributed by atoms with E-state index in [2.05, 4.69) is 25.4 Å². The Balaban J connectivity index is 1.49. The Labute approximate surface area is 233 Å². The van der Waals surface area contributed by atoms with E-state index in [0.717, 1.165) is 0 Å². The van der Waals surface area contributed by atoms with Gasteiger partial charge in [-0.1, -0.05) is 25.1 Å². The summed E-state index contributed by atoms with van der Waals surface area (Å²) in [6.07, 6.45) is 1.11. The number of nitrogens with zero attached hydrogens (tertiary/aromatic N) is 4. The van der Waals surface area contributed by atoms with Crippen LogP contribution in [-0.4, -0.2) is 56.4 Å². The van der Waals surface area contributed by atoms with Crippen LogP contribution in [0.4, 0.5) is 11.8 Å². The van der Waals surface area contributed by atoms with Crippen molar-refractivity contribution in [3.63, 3.8) is 0 Å². The molecule has 0 bridgehead atoms. The average molecular weight is 576 g/mol. The Kier molecular flexibility index (Phi) is 9.29. The molecule has 3 aromatic rings. The summed E-state index contributed by atoms with van der Waals surface area (Å²) >= 11 is 0. The maximum Gasteiger partial charge on any atom is 0.459 e. The minimum Gasteiger partial charge on any atom is -0.462 e. The molecule has 0 spiro atoms. The van der Waals surface area contributed by atoms with Gasteiger partial charge < -0.3 is 25.0 Å². The Bertz CT molecular complexity index is 1350. The highest BCUT2D eigenvalue weighted by atomic mass is 31.2. The molecule has 4 rings (SSSR count). The smallest absolute Gasteiger partial charge is 0.459 e. The molecule has 5 atom stereocenters. The summed E-state index contributed by atoms with van der Waals surface area (Å²) in [5, 5.41) is 5.95. The summed E-state index contributed by atoms with van der Waals surface area (Å²) in [4.78, 5) is 25.6. The van der Waals surface area contributed by atoms with Crippen molar-refractivity contribution in [2.75, 3.05) is 17.7 Å². The van der Waals surface area contributed by atoms with Crippen molar-refractivity contribution in [2.45, 2.75) is 78.5 Å². The first kappa shape index (κ1) is 29.7. The van der Waals surface area contributed by atoms with Crippen LogP contribution in [0, 0.1) is 5.92 Å². The van der Waals surface area contributed by atoms with Crippen LogP contribution in [0.25, 0.3) is 11.2 Å². The number of fused-ring (bicyclic) bond motifs is 1. The molecule has 0 saturated carbocycles. The van der Waals surface area contributed by atoms with E-state index in [1.807, 2.05) is 31.4 Å². The number of rotatable bonds is 12. The van der Waals surface area contributed by atoms with Crippen molar-refractivity contribution < 1.29 is 27.9 Å². The molecule has 1 aliphatic rings. The minimum atomic E-state index is -4.01. The fourth-order valence-corrected chi connectivity index (χ4v) is 5.90. The number of hydrogen-bond acceptors (Lipinski definition) is 11. The lowest BCUT2D eigenvalue weighted by Gasteiger charge is -2.24. The van der Waals surface area contributed by atoms with E-state index >= 15 is 0 Å². The maximum atomic E-state index is 13.8. The number of nitrogen functional groups attached to an aromatic ring is 1. The van der Waals surface area contributed by atoms with Gasteiger partial charge in [0.15, 0.2) is 17.0 Å². The Morgan fingerprint density at radius 2 is 1.93 bits per heavy atom. The third-order valence-electron chi connectivity index (χ3n) is 6.05. The second kappa shape index (κ2) is 12.5. The van der Waals surface area contributed by atoms with Crippen LogP contribution in [0.3, 0.4) is 0 Å². The van der Waals surface area contributed by atoms with Crippen molar-refractivity contribution in [3.05, 3.63) is 36.7 Å². The van der Waals surface area contributed by atoms with E-state index in [-0.39, 0.29) is 30.6 Å². The van der Waals surface area contributed by atoms with Crippen LogP contribution >= 0.6 is 7.75 Å². The first-order chi connectivity index (χ1) is 18.9. The number of para-hydroxylation sites is 1. The molecule has 1 aromatic carbocycles. The molecule has 4 N–H and O–H groups in total. The van der Waals surface area contributed by atoms with E-state index in [9.17, 15) is 9.36 Å². The predicted octanol–water partition coefficient (Wildman–Crippen LogP) is 4.29. The van der Waals surface area contributed by atoms with Gasteiger partial charge in [-0.3, -0.25) is 13.9 Å². The van der Waals surface area contributed by atoms with Crippen molar-refractivity contribution in [2.24, 2.45) is 5.92 Å². The number of nitrogens with one attached hydrogen (secondary N) is 2. The molecule has 0 amide bonds. The molecular weight excluding hydrogens is 537 g/mol. The molecule has 1 fully saturated rings. The normalized spacial score (nSPS) is 21.4. The van der Waals surface area contributed by atoms with E-state index in [0.29, 0.717) is 29.2 Å². The van der Waals surface area contributed by atoms with Crippen molar-refractivity contribution in [1.29, 1.82) is 0 Å². The Morgan fingerprint density at radius 1 is 1.20 bits per heavy atom. The average Bonchev–Trinajstić information content (AvgIpc) is 3.45.